The van der Waals surface area contributed by atoms with E-state index in [4.69, 9.17) is 9.39 Å². The molecule has 2 aliphatic heterocycles. The highest BCUT2D eigenvalue weighted by atomic mass is 16.5. The van der Waals surface area contributed by atoms with E-state index < -0.39 is 0 Å². The zero-order valence-electron chi connectivity index (χ0n) is 28.2. The minimum absolute atomic E-state index is 0.288. The van der Waals surface area contributed by atoms with Crippen LogP contribution in [0.2, 0.25) is 0 Å². The van der Waals surface area contributed by atoms with E-state index in [2.05, 4.69) is 187 Å². The second-order valence-electron chi connectivity index (χ2n) is 13.6. The van der Waals surface area contributed by atoms with E-state index in [1.165, 1.54) is 38.5 Å². The molecule has 0 N–H and O–H groups in total. The van der Waals surface area contributed by atoms with Crippen LogP contribution in [0.3, 0.4) is 0 Å². The van der Waals surface area contributed by atoms with Crippen LogP contribution in [0.4, 0.5) is 0 Å². The van der Waals surface area contributed by atoms with Gasteiger partial charge in [0.1, 0.15) is 17.2 Å². The van der Waals surface area contributed by atoms with E-state index in [1.807, 2.05) is 0 Å². The molecule has 0 bridgehead atoms. The fourth-order valence-corrected chi connectivity index (χ4v) is 8.38. The van der Waals surface area contributed by atoms with Gasteiger partial charge in [-0.25, -0.2) is 0 Å². The summed E-state index contributed by atoms with van der Waals surface area (Å²) in [5.74, 6) is 2.54. The largest absolute Gasteiger partial charge is 0.551 e. The lowest BCUT2D eigenvalue weighted by Crippen LogP contribution is -2.53. The number of benzene rings is 8. The van der Waals surface area contributed by atoms with Gasteiger partial charge in [0.05, 0.1) is 16.7 Å². The Morgan fingerprint density at radius 3 is 1.77 bits per heavy atom. The number of nitrogens with zero attached hydrogens (tertiary/aromatic N) is 1. The maximum absolute atomic E-state index is 7.05. The van der Waals surface area contributed by atoms with Gasteiger partial charge in [0, 0.05) is 32.8 Å². The van der Waals surface area contributed by atoms with E-state index in [1.54, 1.807) is 0 Å². The summed E-state index contributed by atoms with van der Waals surface area (Å²) in [7, 11) is 0. The van der Waals surface area contributed by atoms with Crippen LogP contribution < -0.4 is 20.3 Å². The van der Waals surface area contributed by atoms with Crippen LogP contribution in [0.25, 0.3) is 72.0 Å². The van der Waals surface area contributed by atoms with Crippen molar-refractivity contribution in [3.63, 3.8) is 0 Å². The first kappa shape index (κ1) is 29.0. The molecule has 9 aromatic rings. The van der Waals surface area contributed by atoms with Crippen LogP contribution >= 0.6 is 0 Å². The monoisotopic (exact) mass is 663 g/mol. The Hall–Kier alpha value is -6.78. The van der Waals surface area contributed by atoms with Gasteiger partial charge in [0.15, 0.2) is 0 Å². The molecule has 242 valence electrons. The highest BCUT2D eigenvalue weighted by Crippen LogP contribution is 2.43. The lowest BCUT2D eigenvalue weighted by Gasteiger charge is -2.33. The summed E-state index contributed by atoms with van der Waals surface area (Å²) in [6.07, 6.45) is 0. The van der Waals surface area contributed by atoms with Gasteiger partial charge < -0.3 is 14.0 Å². The van der Waals surface area contributed by atoms with E-state index in [0.717, 1.165) is 61.7 Å². The first-order chi connectivity index (χ1) is 25.8. The Balaban J connectivity index is 1.03. The lowest BCUT2D eigenvalue weighted by molar-refractivity contribution is 0.479. The molecule has 0 atom stereocenters. The zero-order valence-corrected chi connectivity index (χ0v) is 28.2. The molecule has 0 saturated heterocycles. The highest BCUT2D eigenvalue weighted by Gasteiger charge is 2.40. The Bertz CT molecular complexity index is 2820. The number of para-hydroxylation sites is 3. The van der Waals surface area contributed by atoms with E-state index in [9.17, 15) is 0 Å². The third-order valence-corrected chi connectivity index (χ3v) is 10.7. The minimum atomic E-state index is -0.288. The molecule has 8 aromatic carbocycles. The quantitative estimate of drug-likeness (QED) is 0.175. The number of fused-ring (bicyclic) bond motifs is 7. The van der Waals surface area contributed by atoms with Crippen molar-refractivity contribution in [2.75, 3.05) is 0 Å². The van der Waals surface area contributed by atoms with Gasteiger partial charge in [-0.2, -0.15) is 0 Å². The van der Waals surface area contributed by atoms with Crippen LogP contribution in [0.1, 0.15) is 0 Å². The Morgan fingerprint density at radius 1 is 0.385 bits per heavy atom. The van der Waals surface area contributed by atoms with Crippen LogP contribution in [0.15, 0.2) is 182 Å². The van der Waals surface area contributed by atoms with Crippen molar-refractivity contribution >= 4 is 39.6 Å². The highest BCUT2D eigenvalue weighted by molar-refractivity contribution is 6.84. The van der Waals surface area contributed by atoms with Crippen molar-refractivity contribution in [1.29, 1.82) is 0 Å². The van der Waals surface area contributed by atoms with Crippen molar-refractivity contribution in [1.82, 2.24) is 4.57 Å². The second-order valence-corrected chi connectivity index (χ2v) is 13.6. The van der Waals surface area contributed by atoms with Crippen molar-refractivity contribution in [2.24, 2.45) is 0 Å². The summed E-state index contributed by atoms with van der Waals surface area (Å²) in [4.78, 5) is 0. The fraction of sp³-hybridized carbons (Fsp3) is 0. The van der Waals surface area contributed by atoms with Gasteiger partial charge in [-0.15, -0.1) is 0 Å². The number of aromatic nitrogens is 1. The van der Waals surface area contributed by atoms with Gasteiger partial charge in [-0.05, 0) is 69.8 Å². The summed E-state index contributed by atoms with van der Waals surface area (Å²) in [5, 5.41) is 2.50. The SMILES string of the molecule is c1ccc(-c2ccccc2-c2ccc3c(c2)Oc2cccc4c2B3Oc2cc(-c3ccccc3-n3c5ccccc5c5ccccc53)ccc2-4)cc1. The molecule has 3 nitrogen and oxygen atoms in total. The average molecular weight is 664 g/mol. The maximum atomic E-state index is 7.05. The van der Waals surface area contributed by atoms with Gasteiger partial charge >= 0.3 is 6.92 Å². The van der Waals surface area contributed by atoms with Crippen LogP contribution in [-0.4, -0.2) is 11.5 Å². The summed E-state index contributed by atoms with van der Waals surface area (Å²) in [6, 6.07) is 64.7. The summed E-state index contributed by atoms with van der Waals surface area (Å²) in [5.41, 5.74) is 14.8. The maximum Gasteiger partial charge on any atom is 0.434 e. The molecule has 0 fully saturated rings. The predicted octanol–water partition coefficient (Wildman–Crippen LogP) is 11.1. The van der Waals surface area contributed by atoms with Crippen LogP contribution in [-0.2, 0) is 0 Å². The zero-order chi connectivity index (χ0) is 34.2. The molecule has 52 heavy (non-hydrogen) atoms. The molecule has 1 aromatic heterocycles. The molecule has 4 heteroatoms. The lowest BCUT2D eigenvalue weighted by atomic mass is 9.51. The third-order valence-electron chi connectivity index (χ3n) is 10.7. The number of rotatable bonds is 4. The number of hydrogen-bond donors (Lipinski definition) is 0. The number of hydrogen-bond acceptors (Lipinski definition) is 2. The van der Waals surface area contributed by atoms with E-state index >= 15 is 0 Å². The molecule has 3 heterocycles. The minimum Gasteiger partial charge on any atom is -0.551 e. The molecule has 0 spiro atoms. The molecular weight excluding hydrogens is 633 g/mol. The Kier molecular flexibility index (Phi) is 6.35. The number of ether oxygens (including phenoxy) is 1. The molecule has 0 unspecified atom stereocenters. The molecule has 2 aliphatic rings. The van der Waals surface area contributed by atoms with Crippen molar-refractivity contribution in [2.45, 2.75) is 0 Å². The Morgan fingerprint density at radius 2 is 0.981 bits per heavy atom. The molecular formula is C48H30BNO2. The summed E-state index contributed by atoms with van der Waals surface area (Å²) in [6.45, 7) is -0.288. The van der Waals surface area contributed by atoms with Gasteiger partial charge in [0.2, 0.25) is 0 Å². The molecule has 0 amide bonds. The van der Waals surface area contributed by atoms with Gasteiger partial charge in [-0.3, -0.25) is 0 Å². The summed E-state index contributed by atoms with van der Waals surface area (Å²) >= 11 is 0. The molecule has 0 radical (unpaired) electrons. The third kappa shape index (κ3) is 4.34. The standard InChI is InChI=1S/C48H30BNO2/c1-2-13-31(14-3-1)34-15-4-5-16-35(34)32-26-28-41-47(30-32)51-45-24-12-20-40-39-27-25-33(29-46(39)52-49(41)48(40)45)36-17-6-9-21-42(36)50-43-22-10-7-18-37(43)38-19-8-11-23-44(38)50/h1-30H. The molecule has 0 saturated carbocycles. The average Bonchev–Trinajstić information content (AvgIpc) is 3.55. The predicted molar refractivity (Wildman–Crippen MR) is 215 cm³/mol. The van der Waals surface area contributed by atoms with Gasteiger partial charge in [-0.1, -0.05) is 146 Å². The van der Waals surface area contributed by atoms with Gasteiger partial charge in [0.25, 0.3) is 0 Å². The Labute approximate surface area is 302 Å². The van der Waals surface area contributed by atoms with Crippen molar-refractivity contribution in [3.8, 4) is 67.4 Å². The first-order valence-electron chi connectivity index (χ1n) is 17.8. The second kappa shape index (κ2) is 11.4. The van der Waals surface area contributed by atoms with E-state index in [0.29, 0.717) is 0 Å². The van der Waals surface area contributed by atoms with Crippen LogP contribution in [0, 0.1) is 0 Å². The summed E-state index contributed by atoms with van der Waals surface area (Å²) < 4.78 is 16.1. The van der Waals surface area contributed by atoms with Crippen molar-refractivity contribution in [3.05, 3.63) is 182 Å². The topological polar surface area (TPSA) is 23.4 Å². The van der Waals surface area contributed by atoms with Crippen molar-refractivity contribution < 1.29 is 9.39 Å². The fourth-order valence-electron chi connectivity index (χ4n) is 8.38. The molecule has 0 aliphatic carbocycles. The molecule has 11 rings (SSSR count). The first-order valence-corrected chi connectivity index (χ1v) is 17.8. The van der Waals surface area contributed by atoms with Crippen LogP contribution in [0.5, 0.6) is 17.2 Å². The van der Waals surface area contributed by atoms with E-state index in [-0.39, 0.29) is 6.92 Å². The smallest absolute Gasteiger partial charge is 0.434 e. The normalized spacial score (nSPS) is 12.5.